The molecule has 340 valence electrons. The third kappa shape index (κ3) is 8.62. The molecule has 7 rings (SSSR count). The van der Waals surface area contributed by atoms with Crippen molar-refractivity contribution in [3.63, 3.8) is 0 Å². The molecule has 14 nitrogen and oxygen atoms in total. The quantitative estimate of drug-likeness (QED) is 0.173. The van der Waals surface area contributed by atoms with E-state index in [0.717, 1.165) is 11.1 Å². The van der Waals surface area contributed by atoms with Gasteiger partial charge >= 0.3 is 28.5 Å². The first-order valence-electron chi connectivity index (χ1n) is 20.4. The summed E-state index contributed by atoms with van der Waals surface area (Å²) >= 11 is -2.21. The molecule has 0 aliphatic carbocycles. The summed E-state index contributed by atoms with van der Waals surface area (Å²) in [7, 11) is 4.57. The van der Waals surface area contributed by atoms with Crippen LogP contribution in [-0.4, -0.2) is 97.0 Å². The molecule has 0 radical (unpaired) electrons. The number of fused-ring (bicyclic) bond motifs is 5. The van der Waals surface area contributed by atoms with E-state index in [1.165, 1.54) is 45.0 Å². The molecule has 0 saturated carbocycles. The van der Waals surface area contributed by atoms with E-state index in [2.05, 4.69) is 15.5 Å². The molecule has 3 unspecified atom stereocenters. The van der Waals surface area contributed by atoms with E-state index in [1.807, 2.05) is 40.8 Å². The summed E-state index contributed by atoms with van der Waals surface area (Å²) < 4.78 is 92.4. The van der Waals surface area contributed by atoms with E-state index in [4.69, 9.17) is 32.6 Å². The highest BCUT2D eigenvalue weighted by atomic mass is 32.2. The molecule has 1 fully saturated rings. The van der Waals surface area contributed by atoms with Crippen molar-refractivity contribution >= 4 is 34.8 Å². The summed E-state index contributed by atoms with van der Waals surface area (Å²) in [4.78, 5) is 29.6. The fourth-order valence-corrected chi connectivity index (χ4v) is 10.9. The van der Waals surface area contributed by atoms with Crippen LogP contribution in [0.4, 0.5) is 13.2 Å². The normalized spacial score (nSPS) is 22.9. The number of hydrogen-bond acceptors (Lipinski definition) is 15. The third-order valence-corrected chi connectivity index (χ3v) is 13.6. The Bertz CT molecular complexity index is 2230. The van der Waals surface area contributed by atoms with E-state index in [1.54, 1.807) is 6.92 Å². The Labute approximate surface area is 366 Å². The van der Waals surface area contributed by atoms with Crippen LogP contribution < -0.4 is 38.5 Å². The minimum Gasteiger partial charge on any atom is -0.504 e. The van der Waals surface area contributed by atoms with Crippen molar-refractivity contribution in [3.05, 3.63) is 62.7 Å². The molecule has 5 atom stereocenters. The minimum absolute atomic E-state index is 0.0241. The van der Waals surface area contributed by atoms with Gasteiger partial charge in [-0.15, -0.1) is 0 Å². The maximum Gasteiger partial charge on any atom is 0.508 e. The highest BCUT2D eigenvalue weighted by Crippen LogP contribution is 2.52. The van der Waals surface area contributed by atoms with Gasteiger partial charge in [-0.2, -0.15) is 24.9 Å². The molecule has 4 heterocycles. The van der Waals surface area contributed by atoms with Crippen LogP contribution in [0.5, 0.6) is 40.2 Å². The number of aromatic hydroxyl groups is 1. The number of phenols is 1. The van der Waals surface area contributed by atoms with Crippen molar-refractivity contribution in [2.24, 2.45) is 0 Å². The van der Waals surface area contributed by atoms with Gasteiger partial charge in [0.2, 0.25) is 6.79 Å². The highest BCUT2D eigenvalue weighted by Gasteiger charge is 2.49. The number of aryl methyl sites for hydroxylation is 2. The summed E-state index contributed by atoms with van der Waals surface area (Å²) in [6.45, 7) is 11.3. The molecule has 3 N–H and O–H groups in total. The zero-order valence-corrected chi connectivity index (χ0v) is 37.9. The van der Waals surface area contributed by atoms with E-state index >= 15 is 0 Å². The summed E-state index contributed by atoms with van der Waals surface area (Å²) in [5, 5.41) is 18.8. The van der Waals surface area contributed by atoms with Crippen LogP contribution in [-0.2, 0) is 43.8 Å². The number of thioether (sulfide) groups is 1. The summed E-state index contributed by atoms with van der Waals surface area (Å²) in [6, 6.07) is 3.18. The number of nitrogens with zero attached hydrogens (tertiary/aromatic N) is 1. The van der Waals surface area contributed by atoms with Gasteiger partial charge in [-0.25, -0.2) is 9.00 Å². The maximum absolute atomic E-state index is 14.9. The van der Waals surface area contributed by atoms with Gasteiger partial charge in [0.05, 0.1) is 26.3 Å². The highest BCUT2D eigenvalue weighted by molar-refractivity contribution is 7.99. The number of esters is 2. The van der Waals surface area contributed by atoms with Crippen molar-refractivity contribution in [2.45, 2.75) is 90.0 Å². The Hall–Kier alpha value is -4.43. The van der Waals surface area contributed by atoms with Gasteiger partial charge in [0.1, 0.15) is 12.4 Å². The Kier molecular flexibility index (Phi) is 14.5. The predicted octanol–water partition coefficient (Wildman–Crippen LogP) is 6.53. The molecule has 4 aliphatic heterocycles. The number of hydrogen-bond donors (Lipinski definition) is 3. The van der Waals surface area contributed by atoms with Crippen molar-refractivity contribution in [1.82, 2.24) is 15.5 Å². The van der Waals surface area contributed by atoms with E-state index in [9.17, 15) is 32.1 Å². The molecule has 62 heavy (non-hydrogen) atoms. The maximum atomic E-state index is 14.9. The number of nitrogens with one attached hydrogen (secondary N) is 2. The number of methoxy groups -OCH3 is 2. The first-order valence-corrected chi connectivity index (χ1v) is 22.6. The first kappa shape index (κ1) is 47.1. The van der Waals surface area contributed by atoms with Crippen LogP contribution >= 0.6 is 11.8 Å². The second kappa shape index (κ2) is 19.1. The van der Waals surface area contributed by atoms with Crippen molar-refractivity contribution in [1.29, 1.82) is 0 Å². The van der Waals surface area contributed by atoms with Gasteiger partial charge in [0.25, 0.3) is 0 Å². The predicted molar refractivity (Wildman–Crippen MR) is 227 cm³/mol. The molecule has 0 amide bonds. The molecule has 1 saturated heterocycles. The number of rotatable bonds is 7. The van der Waals surface area contributed by atoms with Gasteiger partial charge in [0.15, 0.2) is 40.0 Å². The molecule has 0 aromatic heterocycles. The van der Waals surface area contributed by atoms with E-state index in [-0.39, 0.29) is 42.9 Å². The number of carbonyl (C=O) groups is 2. The number of phenolic OH excluding ortho intramolecular Hbond substituents is 1. The van der Waals surface area contributed by atoms with Gasteiger partial charge < -0.3 is 43.0 Å². The van der Waals surface area contributed by atoms with Crippen molar-refractivity contribution in [2.75, 3.05) is 59.3 Å². The van der Waals surface area contributed by atoms with E-state index < -0.39 is 52.2 Å². The lowest BCUT2D eigenvalue weighted by Gasteiger charge is -2.46. The van der Waals surface area contributed by atoms with Crippen LogP contribution in [0.25, 0.3) is 0 Å². The average Bonchev–Trinajstić information content (AvgIpc) is 3.72. The lowest BCUT2D eigenvalue weighted by atomic mass is 9.83. The number of benzene rings is 3. The number of alkyl halides is 3. The number of halogens is 3. The fourth-order valence-electron chi connectivity index (χ4n) is 9.12. The zero-order chi connectivity index (χ0) is 45.3. The lowest BCUT2D eigenvalue weighted by Crippen LogP contribution is -2.57. The third-order valence-electron chi connectivity index (χ3n) is 11.7. The number of likely N-dealkylation sites (N-methyl/N-ethyl adjacent to an activating group) is 1. The fraction of sp³-hybridized carbons (Fsp3) is 0.535. The lowest BCUT2D eigenvalue weighted by molar-refractivity contribution is -0.154. The van der Waals surface area contributed by atoms with Crippen LogP contribution in [0, 0.1) is 20.8 Å². The number of carbonyl (C=O) groups excluding carboxylic acids is 2. The Morgan fingerprint density at radius 1 is 1.00 bits per heavy atom. The molecule has 1 spiro atoms. The molecule has 3 aromatic carbocycles. The molecular weight excluding hydrogens is 856 g/mol. The Balaban J connectivity index is 0.00000316. The van der Waals surface area contributed by atoms with Gasteiger partial charge in [-0.05, 0) is 88.0 Å². The Morgan fingerprint density at radius 3 is 2.39 bits per heavy atom. The second-order valence-electron chi connectivity index (χ2n) is 15.1. The average molecular weight is 910 g/mol. The molecule has 19 heteroatoms. The second-order valence-corrected chi connectivity index (χ2v) is 17.2. The standard InChI is InChI=1S/C41H48F3N3O11S2.C2H6/c1-20-13-25-9-8-12-47-27(31-21(2)36(57-23(4)48)22(3)37-38(31)56-19-55-37)16-54-39(50)40(18-59-17-28(47)33(45-5)32(25)34(49)35(20)53-7)26-15-29(52-6)30(14-24(26)10-11-46-40)58-60(51)41(42,43)44;1-2/h13-15,27-28,33,45-46,49H,8-12,16-19H2,1-7H3;1-2H3/t27?,28?,33-,40+,60?;/m0./s1. The van der Waals surface area contributed by atoms with Crippen LogP contribution in [0.2, 0.25) is 0 Å². The Morgan fingerprint density at radius 2 is 1.73 bits per heavy atom. The molecular formula is C43H54F3N3O11S2. The van der Waals surface area contributed by atoms with Gasteiger partial charge in [-0.1, -0.05) is 19.9 Å². The smallest absolute Gasteiger partial charge is 0.504 e. The van der Waals surface area contributed by atoms with Crippen molar-refractivity contribution < 1.29 is 64.7 Å². The SMILES string of the molecule is CC.CN[C@@H]1c2c(cc(C)c(OC)c2O)CCCN2C(c3c(C)c(OC(C)=O)c(C)c4c3OCO4)COC(=O)[C@]3(CSCC12)NCCc1cc(OS(=O)C(F)(F)F)c(OC)cc13. The van der Waals surface area contributed by atoms with E-state index in [0.29, 0.717) is 87.9 Å². The van der Waals surface area contributed by atoms with Crippen LogP contribution in [0.15, 0.2) is 18.2 Å². The van der Waals surface area contributed by atoms with Crippen molar-refractivity contribution in [3.8, 4) is 40.2 Å². The summed E-state index contributed by atoms with van der Waals surface area (Å²) in [6.07, 6.45) is 1.58. The molecule has 4 aliphatic rings. The largest absolute Gasteiger partial charge is 0.508 e. The minimum atomic E-state index is -5.14. The molecule has 3 aromatic rings. The zero-order valence-electron chi connectivity index (χ0n) is 36.3. The van der Waals surface area contributed by atoms with Crippen LogP contribution in [0.1, 0.15) is 83.8 Å². The summed E-state index contributed by atoms with van der Waals surface area (Å²) in [5.74, 6) is 0.325. The number of ether oxygens (including phenoxy) is 6. The van der Waals surface area contributed by atoms with Crippen LogP contribution in [0.3, 0.4) is 0 Å². The molecule has 0 bridgehead atoms. The summed E-state index contributed by atoms with van der Waals surface area (Å²) in [5.41, 5.74) is -1.57. The first-order chi connectivity index (χ1) is 29.6. The monoisotopic (exact) mass is 909 g/mol. The van der Waals surface area contributed by atoms with Gasteiger partial charge in [-0.3, -0.25) is 15.0 Å². The number of cyclic esters (lactones) is 1. The topological polar surface area (TPSA) is 163 Å². The van der Waals surface area contributed by atoms with Gasteiger partial charge in [0, 0.05) is 53.3 Å².